The number of rotatable bonds is 4. The number of nitrogen functional groups attached to an aromatic ring is 1. The van der Waals surface area contributed by atoms with E-state index in [1.165, 1.54) is 29.1 Å². The van der Waals surface area contributed by atoms with Crippen LogP contribution in [-0.4, -0.2) is 24.5 Å². The Bertz CT molecular complexity index is 1240. The Balaban J connectivity index is 1.67. The van der Waals surface area contributed by atoms with Crippen LogP contribution >= 0.6 is 0 Å². The Morgan fingerprint density at radius 3 is 2.79 bits per heavy atom. The number of nitrogens with zero attached hydrogens (tertiary/aromatic N) is 5. The predicted octanol–water partition coefficient (Wildman–Crippen LogP) is 2.40. The maximum absolute atomic E-state index is 13.3. The van der Waals surface area contributed by atoms with Crippen LogP contribution in [0.25, 0.3) is 10.9 Å². The van der Waals surface area contributed by atoms with E-state index in [1.807, 2.05) is 31.2 Å². The van der Waals surface area contributed by atoms with Crippen molar-refractivity contribution in [2.75, 3.05) is 11.1 Å². The lowest BCUT2D eigenvalue weighted by Gasteiger charge is -2.10. The zero-order valence-electron chi connectivity index (χ0n) is 14.9. The van der Waals surface area contributed by atoms with E-state index in [9.17, 15) is 9.18 Å². The summed E-state index contributed by atoms with van der Waals surface area (Å²) >= 11 is 0. The van der Waals surface area contributed by atoms with E-state index in [-0.39, 0.29) is 24.0 Å². The van der Waals surface area contributed by atoms with E-state index in [4.69, 9.17) is 5.73 Å². The number of halogens is 1. The second kappa shape index (κ2) is 7.03. The molecule has 140 valence electrons. The van der Waals surface area contributed by atoms with Crippen LogP contribution in [0.15, 0.2) is 53.6 Å². The quantitative estimate of drug-likeness (QED) is 0.562. The number of para-hydroxylation sites is 1. The van der Waals surface area contributed by atoms with Crippen molar-refractivity contribution in [2.24, 2.45) is 0 Å². The first-order valence-corrected chi connectivity index (χ1v) is 8.47. The monoisotopic (exact) mass is 377 g/mol. The van der Waals surface area contributed by atoms with Crippen molar-refractivity contribution < 1.29 is 4.39 Å². The standard InChI is InChI=1S/C19H16FN7O/c1-11-4-2-3-5-14(11)23-19-25-16(24-18(21)26-19)9-27-10-22-15-8-12(20)6-7-13(15)17(27)28/h2-8,10H,9H2,1H3,(H3,21,23,24,25,26). The van der Waals surface area contributed by atoms with E-state index in [2.05, 4.69) is 25.3 Å². The van der Waals surface area contributed by atoms with Crippen LogP contribution < -0.4 is 16.6 Å². The summed E-state index contributed by atoms with van der Waals surface area (Å²) < 4.78 is 14.7. The van der Waals surface area contributed by atoms with Crippen LogP contribution in [0.5, 0.6) is 0 Å². The lowest BCUT2D eigenvalue weighted by molar-refractivity contribution is 0.628. The number of benzene rings is 2. The van der Waals surface area contributed by atoms with Crippen molar-refractivity contribution in [3.63, 3.8) is 0 Å². The minimum Gasteiger partial charge on any atom is -0.368 e. The van der Waals surface area contributed by atoms with Gasteiger partial charge in [0.25, 0.3) is 5.56 Å². The first kappa shape index (κ1) is 17.5. The van der Waals surface area contributed by atoms with E-state index < -0.39 is 5.82 Å². The third kappa shape index (κ3) is 3.50. The molecule has 0 aliphatic rings. The minimum absolute atomic E-state index is 0.0324. The molecule has 2 aromatic carbocycles. The van der Waals surface area contributed by atoms with Crippen molar-refractivity contribution >= 4 is 28.5 Å². The fraction of sp³-hybridized carbons (Fsp3) is 0.105. The summed E-state index contributed by atoms with van der Waals surface area (Å²) in [5.41, 5.74) is 7.63. The molecule has 4 rings (SSSR count). The van der Waals surface area contributed by atoms with Crippen molar-refractivity contribution in [3.05, 3.63) is 76.4 Å². The van der Waals surface area contributed by atoms with E-state index >= 15 is 0 Å². The summed E-state index contributed by atoms with van der Waals surface area (Å²) in [5.74, 6) is 0.161. The molecule has 28 heavy (non-hydrogen) atoms. The molecule has 0 aliphatic carbocycles. The molecule has 0 fully saturated rings. The molecule has 0 saturated carbocycles. The zero-order valence-corrected chi connectivity index (χ0v) is 14.9. The molecule has 3 N–H and O–H groups in total. The molecule has 0 amide bonds. The maximum atomic E-state index is 13.3. The molecule has 0 atom stereocenters. The average Bonchev–Trinajstić information content (AvgIpc) is 2.65. The Kier molecular flexibility index (Phi) is 4.40. The molecule has 0 aliphatic heterocycles. The number of aryl methyl sites for hydroxylation is 1. The first-order valence-electron chi connectivity index (χ1n) is 8.47. The fourth-order valence-corrected chi connectivity index (χ4v) is 2.79. The van der Waals surface area contributed by atoms with Gasteiger partial charge in [-0.05, 0) is 30.7 Å². The van der Waals surface area contributed by atoms with Gasteiger partial charge in [-0.1, -0.05) is 18.2 Å². The number of nitrogens with one attached hydrogen (secondary N) is 1. The summed E-state index contributed by atoms with van der Waals surface area (Å²) in [6.07, 6.45) is 1.33. The highest BCUT2D eigenvalue weighted by Crippen LogP contribution is 2.18. The maximum Gasteiger partial charge on any atom is 0.261 e. The summed E-state index contributed by atoms with van der Waals surface area (Å²) in [5, 5.41) is 3.41. The third-order valence-corrected chi connectivity index (χ3v) is 4.19. The summed E-state index contributed by atoms with van der Waals surface area (Å²) in [4.78, 5) is 29.3. The lowest BCUT2D eigenvalue weighted by atomic mass is 10.2. The van der Waals surface area contributed by atoms with Gasteiger partial charge in [-0.3, -0.25) is 9.36 Å². The Hall–Kier alpha value is -3.88. The van der Waals surface area contributed by atoms with Gasteiger partial charge in [0.2, 0.25) is 11.9 Å². The Labute approximate surface area is 158 Å². The Morgan fingerprint density at radius 2 is 1.96 bits per heavy atom. The predicted molar refractivity (Wildman–Crippen MR) is 104 cm³/mol. The second-order valence-corrected chi connectivity index (χ2v) is 6.21. The summed E-state index contributed by atoms with van der Waals surface area (Å²) in [7, 11) is 0. The van der Waals surface area contributed by atoms with Crippen LogP contribution in [0, 0.1) is 12.7 Å². The molecule has 0 saturated heterocycles. The SMILES string of the molecule is Cc1ccccc1Nc1nc(N)nc(Cn2cnc3cc(F)ccc3c2=O)n1. The number of fused-ring (bicyclic) bond motifs is 1. The third-order valence-electron chi connectivity index (χ3n) is 4.19. The topological polar surface area (TPSA) is 112 Å². The molecular weight excluding hydrogens is 361 g/mol. The molecule has 0 unspecified atom stereocenters. The van der Waals surface area contributed by atoms with Gasteiger partial charge >= 0.3 is 0 Å². The van der Waals surface area contributed by atoms with Crippen LogP contribution in [0.4, 0.5) is 22.0 Å². The van der Waals surface area contributed by atoms with Gasteiger partial charge in [-0.25, -0.2) is 9.37 Å². The number of anilines is 3. The van der Waals surface area contributed by atoms with Gasteiger partial charge < -0.3 is 11.1 Å². The van der Waals surface area contributed by atoms with Gasteiger partial charge in [0.15, 0.2) is 5.82 Å². The van der Waals surface area contributed by atoms with Crippen LogP contribution in [-0.2, 0) is 6.54 Å². The highest BCUT2D eigenvalue weighted by molar-refractivity contribution is 5.77. The molecule has 9 heteroatoms. The second-order valence-electron chi connectivity index (χ2n) is 6.21. The fourth-order valence-electron chi connectivity index (χ4n) is 2.79. The number of hydrogen-bond donors (Lipinski definition) is 2. The van der Waals surface area contributed by atoms with E-state index in [0.29, 0.717) is 16.7 Å². The average molecular weight is 377 g/mol. The molecule has 2 heterocycles. The van der Waals surface area contributed by atoms with Crippen LogP contribution in [0.1, 0.15) is 11.4 Å². The van der Waals surface area contributed by atoms with Gasteiger partial charge in [-0.2, -0.15) is 15.0 Å². The first-order chi connectivity index (χ1) is 13.5. The van der Waals surface area contributed by atoms with Gasteiger partial charge in [0, 0.05) is 11.8 Å². The highest BCUT2D eigenvalue weighted by Gasteiger charge is 2.10. The largest absolute Gasteiger partial charge is 0.368 e. The van der Waals surface area contributed by atoms with E-state index in [1.54, 1.807) is 0 Å². The molecule has 0 radical (unpaired) electrons. The van der Waals surface area contributed by atoms with Crippen molar-refractivity contribution in [2.45, 2.75) is 13.5 Å². The Morgan fingerprint density at radius 1 is 1.14 bits per heavy atom. The lowest BCUT2D eigenvalue weighted by Crippen LogP contribution is -2.23. The minimum atomic E-state index is -0.450. The molecule has 0 bridgehead atoms. The number of aromatic nitrogens is 5. The molecule has 4 aromatic rings. The van der Waals surface area contributed by atoms with Crippen molar-refractivity contribution in [3.8, 4) is 0 Å². The summed E-state index contributed by atoms with van der Waals surface area (Å²) in [6.45, 7) is 2.01. The summed E-state index contributed by atoms with van der Waals surface area (Å²) in [6, 6.07) is 11.5. The molecular formula is C19H16FN7O. The van der Waals surface area contributed by atoms with Crippen LogP contribution in [0.3, 0.4) is 0 Å². The number of nitrogens with two attached hydrogens (primary N) is 1. The van der Waals surface area contributed by atoms with Crippen molar-refractivity contribution in [1.29, 1.82) is 0 Å². The smallest absolute Gasteiger partial charge is 0.261 e. The van der Waals surface area contributed by atoms with Gasteiger partial charge in [0.1, 0.15) is 5.82 Å². The highest BCUT2D eigenvalue weighted by atomic mass is 19.1. The molecule has 8 nitrogen and oxygen atoms in total. The van der Waals surface area contributed by atoms with Crippen LogP contribution in [0.2, 0.25) is 0 Å². The van der Waals surface area contributed by atoms with Crippen molar-refractivity contribution in [1.82, 2.24) is 24.5 Å². The van der Waals surface area contributed by atoms with Gasteiger partial charge in [0.05, 0.1) is 23.8 Å². The number of hydrogen-bond acceptors (Lipinski definition) is 7. The normalized spacial score (nSPS) is 10.9. The molecule has 2 aromatic heterocycles. The zero-order chi connectivity index (χ0) is 19.7. The van der Waals surface area contributed by atoms with Gasteiger partial charge in [-0.15, -0.1) is 0 Å². The molecule has 0 spiro atoms. The van der Waals surface area contributed by atoms with E-state index in [0.717, 1.165) is 11.3 Å².